The molecule has 21 heavy (non-hydrogen) atoms. The largest absolute Gasteiger partial charge is 0.490 e. The third-order valence-corrected chi connectivity index (χ3v) is 3.64. The van der Waals surface area contributed by atoms with Crippen LogP contribution in [0.5, 0.6) is 5.75 Å². The van der Waals surface area contributed by atoms with E-state index in [9.17, 15) is 4.79 Å². The second-order valence-electron chi connectivity index (χ2n) is 4.77. The Balaban J connectivity index is 1.70. The lowest BCUT2D eigenvalue weighted by Gasteiger charge is -2.30. The molecule has 3 rings (SSSR count). The van der Waals surface area contributed by atoms with E-state index in [0.29, 0.717) is 23.9 Å². The highest BCUT2D eigenvalue weighted by Gasteiger charge is 2.19. The Kier molecular flexibility index (Phi) is 3.97. The van der Waals surface area contributed by atoms with E-state index in [4.69, 9.17) is 16.3 Å². The highest BCUT2D eigenvalue weighted by molar-refractivity contribution is 6.33. The van der Waals surface area contributed by atoms with Gasteiger partial charge in [-0.1, -0.05) is 35.9 Å². The summed E-state index contributed by atoms with van der Waals surface area (Å²) in [5.74, 6) is 0.717. The first-order chi connectivity index (χ1) is 10.2. The number of nitrogens with zero attached hydrogens (tertiary/aromatic N) is 1. The fourth-order valence-electron chi connectivity index (χ4n) is 2.32. The molecule has 0 aliphatic carbocycles. The number of halogens is 1. The minimum Gasteiger partial charge on any atom is -0.490 e. The first-order valence-corrected chi connectivity index (χ1v) is 7.13. The maximum Gasteiger partial charge on any atom is 0.243 e. The van der Waals surface area contributed by atoms with Crippen molar-refractivity contribution >= 4 is 28.9 Å². The van der Waals surface area contributed by atoms with Crippen LogP contribution in [-0.4, -0.2) is 25.6 Å². The number of para-hydroxylation sites is 3. The molecular formula is C16H15ClN2O2. The lowest BCUT2D eigenvalue weighted by atomic mass is 10.2. The topological polar surface area (TPSA) is 41.6 Å². The number of fused-ring (bicyclic) bond motifs is 1. The lowest BCUT2D eigenvalue weighted by Crippen LogP contribution is -2.38. The van der Waals surface area contributed by atoms with E-state index in [-0.39, 0.29) is 12.5 Å². The summed E-state index contributed by atoms with van der Waals surface area (Å²) in [6.45, 7) is 1.54. The molecule has 4 nitrogen and oxygen atoms in total. The average Bonchev–Trinajstić information content (AvgIpc) is 2.50. The molecule has 108 valence electrons. The van der Waals surface area contributed by atoms with E-state index in [2.05, 4.69) is 5.32 Å². The minimum atomic E-state index is -0.0974. The SMILES string of the molecule is O=C(CN1CCOc2ccccc21)Nc1ccccc1Cl. The van der Waals surface area contributed by atoms with Gasteiger partial charge in [-0.15, -0.1) is 0 Å². The van der Waals surface area contributed by atoms with Crippen LogP contribution in [-0.2, 0) is 4.79 Å². The van der Waals surface area contributed by atoms with Crippen molar-refractivity contribution in [2.24, 2.45) is 0 Å². The fraction of sp³-hybridized carbons (Fsp3) is 0.188. The molecule has 1 aliphatic rings. The Hall–Kier alpha value is -2.20. The quantitative estimate of drug-likeness (QED) is 0.947. The zero-order valence-corrected chi connectivity index (χ0v) is 12.1. The summed E-state index contributed by atoms with van der Waals surface area (Å²) < 4.78 is 5.58. The van der Waals surface area contributed by atoms with Crippen LogP contribution in [0.25, 0.3) is 0 Å². The van der Waals surface area contributed by atoms with Gasteiger partial charge in [0.25, 0.3) is 0 Å². The minimum absolute atomic E-state index is 0.0974. The first kappa shape index (κ1) is 13.8. The molecule has 0 unspecified atom stereocenters. The average molecular weight is 303 g/mol. The van der Waals surface area contributed by atoms with Crippen molar-refractivity contribution in [2.75, 3.05) is 29.9 Å². The van der Waals surface area contributed by atoms with Gasteiger partial charge in [0.05, 0.1) is 29.5 Å². The number of amides is 1. The number of rotatable bonds is 3. The zero-order chi connectivity index (χ0) is 14.7. The molecule has 5 heteroatoms. The van der Waals surface area contributed by atoms with Crippen LogP contribution >= 0.6 is 11.6 Å². The normalized spacial score (nSPS) is 13.3. The molecule has 2 aromatic rings. The van der Waals surface area contributed by atoms with E-state index in [1.807, 2.05) is 41.3 Å². The number of benzene rings is 2. The molecule has 1 aliphatic heterocycles. The van der Waals surface area contributed by atoms with Crippen LogP contribution in [0.15, 0.2) is 48.5 Å². The van der Waals surface area contributed by atoms with Gasteiger partial charge < -0.3 is 15.0 Å². The molecule has 1 N–H and O–H groups in total. The maximum absolute atomic E-state index is 12.2. The third-order valence-electron chi connectivity index (χ3n) is 3.31. The Bertz CT molecular complexity index is 660. The zero-order valence-electron chi connectivity index (χ0n) is 11.4. The molecular weight excluding hydrogens is 288 g/mol. The van der Waals surface area contributed by atoms with Crippen molar-refractivity contribution in [3.8, 4) is 5.75 Å². The van der Waals surface area contributed by atoms with Crippen molar-refractivity contribution in [1.82, 2.24) is 0 Å². The predicted octanol–water partition coefficient (Wildman–Crippen LogP) is 3.18. The Morgan fingerprint density at radius 1 is 1.19 bits per heavy atom. The van der Waals surface area contributed by atoms with Crippen molar-refractivity contribution in [3.63, 3.8) is 0 Å². The number of nitrogens with one attached hydrogen (secondary N) is 1. The molecule has 2 aromatic carbocycles. The molecule has 0 saturated carbocycles. The van der Waals surface area contributed by atoms with Crippen LogP contribution in [0, 0.1) is 0 Å². The summed E-state index contributed by atoms with van der Waals surface area (Å²) in [7, 11) is 0. The molecule has 0 atom stereocenters. The Morgan fingerprint density at radius 3 is 2.81 bits per heavy atom. The molecule has 0 saturated heterocycles. The van der Waals surface area contributed by atoms with Crippen LogP contribution in [0.1, 0.15) is 0 Å². The number of hydrogen-bond donors (Lipinski definition) is 1. The summed E-state index contributed by atoms with van der Waals surface area (Å²) >= 11 is 6.04. The van der Waals surface area contributed by atoms with Crippen molar-refractivity contribution in [1.29, 1.82) is 0 Å². The summed E-state index contributed by atoms with van der Waals surface area (Å²) in [5.41, 5.74) is 1.57. The highest BCUT2D eigenvalue weighted by Crippen LogP contribution is 2.30. The van der Waals surface area contributed by atoms with Gasteiger partial charge in [0, 0.05) is 0 Å². The summed E-state index contributed by atoms with van der Waals surface area (Å²) in [6.07, 6.45) is 0. The number of carbonyl (C=O) groups is 1. The molecule has 0 bridgehead atoms. The lowest BCUT2D eigenvalue weighted by molar-refractivity contribution is -0.115. The molecule has 1 amide bonds. The number of ether oxygens (including phenoxy) is 1. The van der Waals surface area contributed by atoms with E-state index >= 15 is 0 Å². The van der Waals surface area contributed by atoms with Gasteiger partial charge in [-0.3, -0.25) is 4.79 Å². The molecule has 0 fully saturated rings. The number of anilines is 2. The fourth-order valence-corrected chi connectivity index (χ4v) is 2.50. The van der Waals surface area contributed by atoms with Crippen molar-refractivity contribution < 1.29 is 9.53 Å². The van der Waals surface area contributed by atoms with Gasteiger partial charge >= 0.3 is 0 Å². The first-order valence-electron chi connectivity index (χ1n) is 6.75. The maximum atomic E-state index is 12.2. The van der Waals surface area contributed by atoms with Gasteiger partial charge in [-0.25, -0.2) is 0 Å². The predicted molar refractivity (Wildman–Crippen MR) is 84.2 cm³/mol. The second-order valence-corrected chi connectivity index (χ2v) is 5.17. The van der Waals surface area contributed by atoms with Gasteiger partial charge in [0.1, 0.15) is 12.4 Å². The van der Waals surface area contributed by atoms with Crippen molar-refractivity contribution in [2.45, 2.75) is 0 Å². The molecule has 1 heterocycles. The van der Waals surface area contributed by atoms with Gasteiger partial charge in [0.15, 0.2) is 0 Å². The number of hydrogen-bond acceptors (Lipinski definition) is 3. The van der Waals surface area contributed by atoms with Crippen LogP contribution in [0.3, 0.4) is 0 Å². The summed E-state index contributed by atoms with van der Waals surface area (Å²) in [4.78, 5) is 14.2. The van der Waals surface area contributed by atoms with Crippen LogP contribution < -0.4 is 15.0 Å². The van der Waals surface area contributed by atoms with E-state index in [0.717, 1.165) is 11.4 Å². The summed E-state index contributed by atoms with van der Waals surface area (Å²) in [6, 6.07) is 14.9. The van der Waals surface area contributed by atoms with Gasteiger partial charge in [-0.2, -0.15) is 0 Å². The summed E-state index contributed by atoms with van der Waals surface area (Å²) in [5, 5.41) is 3.37. The van der Waals surface area contributed by atoms with Crippen LogP contribution in [0.4, 0.5) is 11.4 Å². The number of carbonyl (C=O) groups excluding carboxylic acids is 1. The monoisotopic (exact) mass is 302 g/mol. The third kappa shape index (κ3) is 3.11. The highest BCUT2D eigenvalue weighted by atomic mass is 35.5. The Labute approximate surface area is 128 Å². The van der Waals surface area contributed by atoms with E-state index < -0.39 is 0 Å². The van der Waals surface area contributed by atoms with Gasteiger partial charge in [-0.05, 0) is 24.3 Å². The Morgan fingerprint density at radius 2 is 1.95 bits per heavy atom. The second kappa shape index (κ2) is 6.06. The van der Waals surface area contributed by atoms with E-state index in [1.54, 1.807) is 12.1 Å². The smallest absolute Gasteiger partial charge is 0.243 e. The molecule has 0 spiro atoms. The van der Waals surface area contributed by atoms with E-state index in [1.165, 1.54) is 0 Å². The van der Waals surface area contributed by atoms with Gasteiger partial charge in [0.2, 0.25) is 5.91 Å². The standard InChI is InChI=1S/C16H15ClN2O2/c17-12-5-1-2-6-13(12)18-16(20)11-19-9-10-21-15-8-4-3-7-14(15)19/h1-8H,9-11H2,(H,18,20). The molecule has 0 aromatic heterocycles. The molecule has 0 radical (unpaired) electrons. The van der Waals surface area contributed by atoms with Crippen molar-refractivity contribution in [3.05, 3.63) is 53.6 Å². The van der Waals surface area contributed by atoms with Crippen LogP contribution in [0.2, 0.25) is 5.02 Å².